The molecule has 2 N–H and O–H groups in total. The summed E-state index contributed by atoms with van der Waals surface area (Å²) in [6.45, 7) is 7.76. The van der Waals surface area contributed by atoms with Crippen molar-refractivity contribution in [2.45, 2.75) is 26.0 Å². The zero-order valence-electron chi connectivity index (χ0n) is 11.6. The normalized spacial score (nSPS) is 18.5. The number of aromatic nitrogens is 2. The summed E-state index contributed by atoms with van der Waals surface area (Å²) in [6, 6.07) is 0.563. The summed E-state index contributed by atoms with van der Waals surface area (Å²) in [7, 11) is 0. The van der Waals surface area contributed by atoms with E-state index in [1.807, 2.05) is 13.8 Å². The maximum absolute atomic E-state index is 5.89. The van der Waals surface area contributed by atoms with Gasteiger partial charge in [-0.25, -0.2) is 9.97 Å². The van der Waals surface area contributed by atoms with Crippen LogP contribution in [-0.2, 0) is 4.74 Å². The second-order valence-electron chi connectivity index (χ2n) is 4.87. The summed E-state index contributed by atoms with van der Waals surface area (Å²) in [5.74, 6) is 0. The van der Waals surface area contributed by atoms with Crippen LogP contribution in [0.15, 0.2) is 12.4 Å². The highest BCUT2D eigenvalue weighted by Crippen LogP contribution is 2.20. The highest BCUT2D eigenvalue weighted by molar-refractivity contribution is 5.13. The van der Waals surface area contributed by atoms with E-state index in [9.17, 15) is 0 Å². The van der Waals surface area contributed by atoms with Crippen molar-refractivity contribution in [2.75, 3.05) is 32.8 Å². The van der Waals surface area contributed by atoms with Gasteiger partial charge in [0.25, 0.3) is 0 Å². The molecule has 6 nitrogen and oxygen atoms in total. The maximum atomic E-state index is 5.89. The first-order valence-corrected chi connectivity index (χ1v) is 6.71. The van der Waals surface area contributed by atoms with Crippen LogP contribution in [0.2, 0.25) is 0 Å². The Morgan fingerprint density at radius 2 is 1.95 bits per heavy atom. The molecule has 0 aromatic carbocycles. The van der Waals surface area contributed by atoms with Gasteiger partial charge in [-0.1, -0.05) is 0 Å². The average molecular weight is 266 g/mol. The van der Waals surface area contributed by atoms with Crippen molar-refractivity contribution in [2.24, 2.45) is 5.73 Å². The molecule has 1 atom stereocenters. The lowest BCUT2D eigenvalue weighted by Crippen LogP contribution is -2.41. The van der Waals surface area contributed by atoms with E-state index in [1.165, 1.54) is 0 Å². The second-order valence-corrected chi connectivity index (χ2v) is 4.87. The Morgan fingerprint density at radius 1 is 1.32 bits per heavy atom. The van der Waals surface area contributed by atoms with Crippen LogP contribution >= 0.6 is 0 Å². The third kappa shape index (κ3) is 3.86. The van der Waals surface area contributed by atoms with E-state index in [-0.39, 0.29) is 12.1 Å². The second kappa shape index (κ2) is 6.79. The fourth-order valence-corrected chi connectivity index (χ4v) is 2.16. The minimum Gasteiger partial charge on any atom is -0.461 e. The van der Waals surface area contributed by atoms with Crippen molar-refractivity contribution >= 4 is 0 Å². The molecule has 1 unspecified atom stereocenters. The van der Waals surface area contributed by atoms with Crippen LogP contribution in [-0.4, -0.2) is 53.8 Å². The van der Waals surface area contributed by atoms with E-state index >= 15 is 0 Å². The lowest BCUT2D eigenvalue weighted by Gasteiger charge is -2.33. The summed E-state index contributed by atoms with van der Waals surface area (Å²) in [6.07, 6.45) is 3.69. The SMILES string of the molecule is CC(C)Oc1ncc(C(CN)N2CCOCC2)cn1. The zero-order valence-corrected chi connectivity index (χ0v) is 11.6. The first-order chi connectivity index (χ1) is 9.20. The third-order valence-electron chi connectivity index (χ3n) is 3.08. The zero-order chi connectivity index (χ0) is 13.7. The molecule has 1 saturated heterocycles. The molecule has 2 heterocycles. The van der Waals surface area contributed by atoms with Crippen LogP contribution < -0.4 is 10.5 Å². The lowest BCUT2D eigenvalue weighted by atomic mass is 10.1. The van der Waals surface area contributed by atoms with Crippen molar-refractivity contribution in [3.05, 3.63) is 18.0 Å². The molecule has 2 rings (SSSR count). The summed E-state index contributed by atoms with van der Waals surface area (Å²) in [5, 5.41) is 0. The third-order valence-corrected chi connectivity index (χ3v) is 3.08. The quantitative estimate of drug-likeness (QED) is 0.841. The molecule has 19 heavy (non-hydrogen) atoms. The van der Waals surface area contributed by atoms with Gasteiger partial charge in [-0.3, -0.25) is 4.90 Å². The standard InChI is InChI=1S/C13H22N4O2/c1-10(2)19-13-15-8-11(9-16-13)12(7-14)17-3-5-18-6-4-17/h8-10,12H,3-7,14H2,1-2H3. The van der Waals surface area contributed by atoms with Crippen molar-refractivity contribution in [1.82, 2.24) is 14.9 Å². The van der Waals surface area contributed by atoms with Gasteiger partial charge >= 0.3 is 6.01 Å². The van der Waals surface area contributed by atoms with E-state index < -0.39 is 0 Å². The molecular weight excluding hydrogens is 244 g/mol. The molecule has 1 aliphatic rings. The van der Waals surface area contributed by atoms with Crippen LogP contribution in [0.1, 0.15) is 25.5 Å². The molecule has 0 aliphatic carbocycles. The molecule has 1 aliphatic heterocycles. The average Bonchev–Trinajstić information content (AvgIpc) is 2.42. The minimum atomic E-state index is 0.0791. The van der Waals surface area contributed by atoms with E-state index in [2.05, 4.69) is 14.9 Å². The maximum Gasteiger partial charge on any atom is 0.316 e. The Labute approximate surface area is 113 Å². The first kappa shape index (κ1) is 14.2. The van der Waals surface area contributed by atoms with Crippen LogP contribution in [0.5, 0.6) is 6.01 Å². The van der Waals surface area contributed by atoms with Crippen LogP contribution in [0.3, 0.4) is 0 Å². The Balaban J connectivity index is 2.05. The Kier molecular flexibility index (Phi) is 5.07. The van der Waals surface area contributed by atoms with Gasteiger partial charge in [-0.15, -0.1) is 0 Å². The number of nitrogens with zero attached hydrogens (tertiary/aromatic N) is 3. The molecule has 0 saturated carbocycles. The van der Waals surface area contributed by atoms with Gasteiger partial charge in [0.1, 0.15) is 0 Å². The van der Waals surface area contributed by atoms with Crippen LogP contribution in [0, 0.1) is 0 Å². The van der Waals surface area contributed by atoms with Crippen molar-refractivity contribution in [3.63, 3.8) is 0 Å². The lowest BCUT2D eigenvalue weighted by molar-refractivity contribution is 0.0177. The first-order valence-electron chi connectivity index (χ1n) is 6.71. The van der Waals surface area contributed by atoms with Gasteiger partial charge in [0.05, 0.1) is 25.4 Å². The predicted octanol–water partition coefficient (Wildman–Crippen LogP) is 0.596. The van der Waals surface area contributed by atoms with Crippen molar-refractivity contribution < 1.29 is 9.47 Å². The predicted molar refractivity (Wildman–Crippen MR) is 72.0 cm³/mol. The molecule has 0 amide bonds. The van der Waals surface area contributed by atoms with E-state index in [0.717, 1.165) is 31.9 Å². The molecule has 1 fully saturated rings. The summed E-state index contributed by atoms with van der Waals surface area (Å²) in [4.78, 5) is 10.8. The molecule has 0 bridgehead atoms. The van der Waals surface area contributed by atoms with Crippen molar-refractivity contribution in [1.29, 1.82) is 0 Å². The van der Waals surface area contributed by atoms with Crippen LogP contribution in [0.25, 0.3) is 0 Å². The monoisotopic (exact) mass is 266 g/mol. The molecular formula is C13H22N4O2. The topological polar surface area (TPSA) is 73.5 Å². The van der Waals surface area contributed by atoms with Gasteiger partial charge in [-0.2, -0.15) is 0 Å². The van der Waals surface area contributed by atoms with Gasteiger partial charge in [0, 0.05) is 37.6 Å². The van der Waals surface area contributed by atoms with E-state index in [0.29, 0.717) is 12.6 Å². The highest BCUT2D eigenvalue weighted by Gasteiger charge is 2.22. The fourth-order valence-electron chi connectivity index (χ4n) is 2.16. The molecule has 1 aromatic rings. The fraction of sp³-hybridized carbons (Fsp3) is 0.692. The molecule has 6 heteroatoms. The van der Waals surface area contributed by atoms with Gasteiger partial charge in [0.2, 0.25) is 0 Å². The largest absolute Gasteiger partial charge is 0.461 e. The smallest absolute Gasteiger partial charge is 0.316 e. The molecule has 106 valence electrons. The van der Waals surface area contributed by atoms with Gasteiger partial charge in [0.15, 0.2) is 0 Å². The Morgan fingerprint density at radius 3 is 2.47 bits per heavy atom. The Bertz CT molecular complexity index is 377. The van der Waals surface area contributed by atoms with Crippen LogP contribution in [0.4, 0.5) is 0 Å². The van der Waals surface area contributed by atoms with Gasteiger partial charge in [-0.05, 0) is 13.8 Å². The van der Waals surface area contributed by atoms with E-state index in [1.54, 1.807) is 12.4 Å². The number of hydrogen-bond acceptors (Lipinski definition) is 6. The number of rotatable bonds is 5. The summed E-state index contributed by atoms with van der Waals surface area (Å²) >= 11 is 0. The number of nitrogens with two attached hydrogens (primary N) is 1. The minimum absolute atomic E-state index is 0.0791. The number of ether oxygens (including phenoxy) is 2. The van der Waals surface area contributed by atoms with E-state index in [4.69, 9.17) is 15.2 Å². The van der Waals surface area contributed by atoms with Gasteiger partial charge < -0.3 is 15.2 Å². The number of morpholine rings is 1. The summed E-state index contributed by atoms with van der Waals surface area (Å²) in [5.41, 5.74) is 6.91. The summed E-state index contributed by atoms with van der Waals surface area (Å²) < 4.78 is 10.8. The molecule has 0 spiro atoms. The molecule has 1 aromatic heterocycles. The Hall–Kier alpha value is -1.24. The number of hydrogen-bond donors (Lipinski definition) is 1. The highest BCUT2D eigenvalue weighted by atomic mass is 16.5. The molecule has 0 radical (unpaired) electrons. The van der Waals surface area contributed by atoms with Crippen molar-refractivity contribution in [3.8, 4) is 6.01 Å².